The monoisotopic (exact) mass is 294 g/mol. The van der Waals surface area contributed by atoms with Gasteiger partial charge in [-0.05, 0) is 50.6 Å². The lowest BCUT2D eigenvalue weighted by Crippen LogP contribution is -2.00. The van der Waals surface area contributed by atoms with Gasteiger partial charge in [0.05, 0.1) is 23.7 Å². The van der Waals surface area contributed by atoms with Crippen LogP contribution in [0.25, 0.3) is 11.7 Å². The van der Waals surface area contributed by atoms with Gasteiger partial charge in [-0.25, -0.2) is 4.98 Å². The number of allylic oxidation sites excluding steroid dienone is 1. The summed E-state index contributed by atoms with van der Waals surface area (Å²) >= 11 is 0. The van der Waals surface area contributed by atoms with E-state index >= 15 is 0 Å². The second-order valence-electron chi connectivity index (χ2n) is 5.62. The van der Waals surface area contributed by atoms with E-state index in [1.54, 1.807) is 35.4 Å². The normalized spacial score (nSPS) is 11.8. The quantitative estimate of drug-likeness (QED) is 0.548. The van der Waals surface area contributed by atoms with Gasteiger partial charge in [0.25, 0.3) is 0 Å². The molecule has 112 valence electrons. The summed E-state index contributed by atoms with van der Waals surface area (Å²) in [7, 11) is 0. The van der Waals surface area contributed by atoms with Gasteiger partial charge >= 0.3 is 0 Å². The third-order valence-electron chi connectivity index (χ3n) is 3.52. The molecule has 3 rings (SSSR count). The van der Waals surface area contributed by atoms with Crippen LogP contribution in [-0.4, -0.2) is 24.9 Å². The molecule has 0 amide bonds. The number of hydrogen-bond acceptors (Lipinski definition) is 3. The fraction of sp³-hybridized carbons (Fsp3) is 0.235. The predicted octanol–water partition coefficient (Wildman–Crippen LogP) is 3.32. The molecule has 22 heavy (non-hydrogen) atoms. The molecule has 0 saturated heterocycles. The van der Waals surface area contributed by atoms with E-state index in [4.69, 9.17) is 0 Å². The summed E-state index contributed by atoms with van der Waals surface area (Å²) in [6.45, 7) is 6.08. The highest BCUT2D eigenvalue weighted by Crippen LogP contribution is 2.12. The Hall–Kier alpha value is -2.69. The smallest absolute Gasteiger partial charge is 0.189 e. The van der Waals surface area contributed by atoms with Crippen molar-refractivity contribution in [2.75, 3.05) is 0 Å². The van der Waals surface area contributed by atoms with Crippen LogP contribution in [0.15, 0.2) is 43.0 Å². The first-order valence-electron chi connectivity index (χ1n) is 7.25. The minimum atomic E-state index is -0.0611. The Balaban J connectivity index is 1.84. The molecule has 0 saturated carbocycles. The first-order valence-corrected chi connectivity index (χ1v) is 7.25. The lowest BCUT2D eigenvalue weighted by Gasteiger charge is -2.02. The van der Waals surface area contributed by atoms with Crippen LogP contribution in [0, 0.1) is 6.92 Å². The summed E-state index contributed by atoms with van der Waals surface area (Å²) in [5.41, 5.74) is 3.50. The molecule has 0 aliphatic carbocycles. The SMILES string of the molecule is Cc1ccn2c(/C=C/C(=O)c3cnn(C(C)C)c3)cnc2c1. The van der Waals surface area contributed by atoms with E-state index in [1.165, 1.54) is 0 Å². The van der Waals surface area contributed by atoms with Crippen molar-refractivity contribution in [1.82, 2.24) is 19.2 Å². The van der Waals surface area contributed by atoms with E-state index in [1.807, 2.05) is 43.5 Å². The number of ketones is 1. The second kappa shape index (κ2) is 5.60. The van der Waals surface area contributed by atoms with E-state index < -0.39 is 0 Å². The van der Waals surface area contributed by atoms with Crippen LogP contribution in [0.4, 0.5) is 0 Å². The van der Waals surface area contributed by atoms with Gasteiger partial charge in [-0.1, -0.05) is 0 Å². The Bertz CT molecular complexity index is 855. The van der Waals surface area contributed by atoms with Gasteiger partial charge in [-0.2, -0.15) is 5.10 Å². The molecule has 0 fully saturated rings. The molecule has 0 N–H and O–H groups in total. The van der Waals surface area contributed by atoms with Crippen LogP contribution in [-0.2, 0) is 0 Å². The average Bonchev–Trinajstić information content (AvgIpc) is 3.11. The minimum Gasteiger partial charge on any atom is -0.300 e. The zero-order valence-corrected chi connectivity index (χ0v) is 12.9. The summed E-state index contributed by atoms with van der Waals surface area (Å²) in [5.74, 6) is -0.0611. The summed E-state index contributed by atoms with van der Waals surface area (Å²) < 4.78 is 3.73. The van der Waals surface area contributed by atoms with Crippen LogP contribution in [0.1, 0.15) is 41.5 Å². The molecule has 0 spiro atoms. The second-order valence-corrected chi connectivity index (χ2v) is 5.62. The van der Waals surface area contributed by atoms with Crippen LogP contribution in [0.5, 0.6) is 0 Å². The van der Waals surface area contributed by atoms with Gasteiger partial charge in [0, 0.05) is 18.4 Å². The number of nitrogens with zero attached hydrogens (tertiary/aromatic N) is 4. The van der Waals surface area contributed by atoms with E-state index in [9.17, 15) is 4.79 Å². The van der Waals surface area contributed by atoms with E-state index in [2.05, 4.69) is 10.1 Å². The highest BCUT2D eigenvalue weighted by atomic mass is 16.1. The predicted molar refractivity (Wildman–Crippen MR) is 85.9 cm³/mol. The maximum absolute atomic E-state index is 12.2. The molecule has 5 nitrogen and oxygen atoms in total. The maximum Gasteiger partial charge on any atom is 0.189 e. The Morgan fingerprint density at radius 3 is 2.86 bits per heavy atom. The van der Waals surface area contributed by atoms with Gasteiger partial charge in [0.15, 0.2) is 5.78 Å². The van der Waals surface area contributed by atoms with Gasteiger partial charge in [-0.3, -0.25) is 9.48 Å². The average molecular weight is 294 g/mol. The van der Waals surface area contributed by atoms with Crippen molar-refractivity contribution in [3.05, 3.63) is 59.8 Å². The Morgan fingerprint density at radius 1 is 1.32 bits per heavy atom. The number of pyridine rings is 1. The summed E-state index contributed by atoms with van der Waals surface area (Å²) in [5, 5.41) is 4.19. The minimum absolute atomic E-state index is 0.0611. The van der Waals surface area contributed by atoms with E-state index in [-0.39, 0.29) is 11.8 Å². The standard InChI is InChI=1S/C17H18N4O/c1-12(2)21-11-14(9-19-21)16(22)5-4-15-10-18-17-8-13(3)6-7-20(15)17/h4-12H,1-3H3/b5-4+. The largest absolute Gasteiger partial charge is 0.300 e. The maximum atomic E-state index is 12.2. The van der Waals surface area contributed by atoms with Gasteiger partial charge in [0.1, 0.15) is 5.65 Å². The highest BCUT2D eigenvalue weighted by Gasteiger charge is 2.07. The Kier molecular flexibility index (Phi) is 3.63. The number of aromatic nitrogens is 4. The molecular weight excluding hydrogens is 276 g/mol. The fourth-order valence-electron chi connectivity index (χ4n) is 2.23. The van der Waals surface area contributed by atoms with Crippen molar-refractivity contribution in [1.29, 1.82) is 0 Å². The lowest BCUT2D eigenvalue weighted by atomic mass is 10.2. The zero-order valence-electron chi connectivity index (χ0n) is 12.9. The number of fused-ring (bicyclic) bond motifs is 1. The third kappa shape index (κ3) is 2.70. The highest BCUT2D eigenvalue weighted by molar-refractivity contribution is 6.06. The molecular formula is C17H18N4O. The fourth-order valence-corrected chi connectivity index (χ4v) is 2.23. The number of aryl methyl sites for hydroxylation is 1. The number of imidazole rings is 1. The van der Waals surface area contributed by atoms with Crippen molar-refractivity contribution < 1.29 is 4.79 Å². The van der Waals surface area contributed by atoms with Crippen molar-refractivity contribution in [3.8, 4) is 0 Å². The van der Waals surface area contributed by atoms with Gasteiger partial charge < -0.3 is 4.40 Å². The van der Waals surface area contributed by atoms with Crippen molar-refractivity contribution in [2.45, 2.75) is 26.8 Å². The molecule has 0 aliphatic rings. The van der Waals surface area contributed by atoms with Crippen LogP contribution in [0.2, 0.25) is 0 Å². The van der Waals surface area contributed by atoms with Crippen molar-refractivity contribution >= 4 is 17.5 Å². The number of carbonyl (C=O) groups excluding carboxylic acids is 1. The summed E-state index contributed by atoms with van der Waals surface area (Å²) in [4.78, 5) is 16.5. The Labute approximate surface area is 128 Å². The third-order valence-corrected chi connectivity index (χ3v) is 3.52. The summed E-state index contributed by atoms with van der Waals surface area (Å²) in [6.07, 6.45) is 10.4. The number of hydrogen-bond donors (Lipinski definition) is 0. The molecule has 0 aromatic carbocycles. The van der Waals surface area contributed by atoms with Crippen LogP contribution >= 0.6 is 0 Å². The molecule has 5 heteroatoms. The van der Waals surface area contributed by atoms with E-state index in [0.717, 1.165) is 16.9 Å². The molecule has 3 aromatic heterocycles. The topological polar surface area (TPSA) is 52.2 Å². The molecule has 0 atom stereocenters. The van der Waals surface area contributed by atoms with Crippen LogP contribution < -0.4 is 0 Å². The lowest BCUT2D eigenvalue weighted by molar-refractivity contribution is 0.104. The van der Waals surface area contributed by atoms with Gasteiger partial charge in [0.2, 0.25) is 0 Å². The van der Waals surface area contributed by atoms with Gasteiger partial charge in [-0.15, -0.1) is 0 Å². The van der Waals surface area contributed by atoms with Crippen LogP contribution in [0.3, 0.4) is 0 Å². The zero-order chi connectivity index (χ0) is 15.7. The van der Waals surface area contributed by atoms with E-state index in [0.29, 0.717) is 5.56 Å². The van der Waals surface area contributed by atoms with Crippen molar-refractivity contribution in [2.24, 2.45) is 0 Å². The number of rotatable bonds is 4. The molecule has 3 aromatic rings. The Morgan fingerprint density at radius 2 is 2.14 bits per heavy atom. The molecule has 0 aliphatic heterocycles. The first-order chi connectivity index (χ1) is 10.5. The molecule has 3 heterocycles. The van der Waals surface area contributed by atoms with Crippen molar-refractivity contribution in [3.63, 3.8) is 0 Å². The summed E-state index contributed by atoms with van der Waals surface area (Å²) in [6, 6.07) is 4.26. The number of carbonyl (C=O) groups is 1. The molecule has 0 unspecified atom stereocenters. The molecule has 0 bridgehead atoms. The molecule has 0 radical (unpaired) electrons. The first kappa shape index (κ1) is 14.3.